The highest BCUT2D eigenvalue weighted by atomic mass is 35.5. The lowest BCUT2D eigenvalue weighted by molar-refractivity contribution is 0.0995. The molecule has 16 heavy (non-hydrogen) atoms. The quantitative estimate of drug-likeness (QED) is 0.865. The zero-order valence-corrected chi connectivity index (χ0v) is 9.40. The lowest BCUT2D eigenvalue weighted by atomic mass is 10.3. The van der Waals surface area contributed by atoms with Crippen molar-refractivity contribution in [3.63, 3.8) is 0 Å². The van der Waals surface area contributed by atoms with Gasteiger partial charge in [-0.3, -0.25) is 4.79 Å². The summed E-state index contributed by atoms with van der Waals surface area (Å²) >= 11 is 5.89. The third-order valence-corrected chi connectivity index (χ3v) is 2.56. The minimum absolute atomic E-state index is 0.278. The van der Waals surface area contributed by atoms with Crippen molar-refractivity contribution in [3.8, 4) is 5.69 Å². The molecule has 0 saturated heterocycles. The van der Waals surface area contributed by atoms with Gasteiger partial charge in [0.25, 0.3) is 5.91 Å². The molecule has 5 heteroatoms. The maximum atomic E-state index is 11.1. The molecule has 1 aromatic carbocycles. The molecule has 0 aliphatic rings. The van der Waals surface area contributed by atoms with Gasteiger partial charge in [0.05, 0.1) is 5.69 Å². The first-order valence-corrected chi connectivity index (χ1v) is 5.07. The zero-order chi connectivity index (χ0) is 11.7. The Morgan fingerprint density at radius 1 is 1.50 bits per heavy atom. The molecule has 82 valence electrons. The monoisotopic (exact) mass is 235 g/mol. The lowest BCUT2D eigenvalue weighted by Gasteiger charge is -2.05. The number of amides is 1. The van der Waals surface area contributed by atoms with Crippen LogP contribution in [0.3, 0.4) is 0 Å². The minimum Gasteiger partial charge on any atom is -0.364 e. The fraction of sp³-hybridized carbons (Fsp3) is 0.0909. The molecule has 0 saturated carbocycles. The molecule has 2 aromatic rings. The van der Waals surface area contributed by atoms with Gasteiger partial charge < -0.3 is 10.3 Å². The predicted octanol–water partition coefficient (Wildman–Crippen LogP) is 1.93. The van der Waals surface area contributed by atoms with Crippen LogP contribution in [0.4, 0.5) is 0 Å². The molecular formula is C11H10ClN3O. The number of hydrogen-bond acceptors (Lipinski definition) is 2. The molecule has 0 bridgehead atoms. The summed E-state index contributed by atoms with van der Waals surface area (Å²) in [5.41, 5.74) is 7.03. The normalized spacial score (nSPS) is 10.4. The molecule has 0 aliphatic carbocycles. The van der Waals surface area contributed by atoms with E-state index in [0.29, 0.717) is 10.7 Å². The first kappa shape index (κ1) is 10.7. The van der Waals surface area contributed by atoms with E-state index in [1.54, 1.807) is 30.0 Å². The number of nitrogens with zero attached hydrogens (tertiary/aromatic N) is 2. The van der Waals surface area contributed by atoms with E-state index in [0.717, 1.165) is 5.69 Å². The van der Waals surface area contributed by atoms with E-state index in [1.807, 2.05) is 12.1 Å². The minimum atomic E-state index is -0.529. The van der Waals surface area contributed by atoms with Crippen LogP contribution in [0.25, 0.3) is 5.69 Å². The van der Waals surface area contributed by atoms with Crippen molar-refractivity contribution in [3.05, 3.63) is 47.0 Å². The molecule has 0 unspecified atom stereocenters. The molecule has 1 aromatic heterocycles. The van der Waals surface area contributed by atoms with Crippen molar-refractivity contribution in [1.29, 1.82) is 0 Å². The Morgan fingerprint density at radius 2 is 2.25 bits per heavy atom. The SMILES string of the molecule is Cc1c(C(N)=O)ncn1-c1cccc(Cl)c1. The summed E-state index contributed by atoms with van der Waals surface area (Å²) in [4.78, 5) is 15.0. The van der Waals surface area contributed by atoms with Crippen molar-refractivity contribution in [2.45, 2.75) is 6.92 Å². The molecule has 0 atom stereocenters. The van der Waals surface area contributed by atoms with Crippen LogP contribution in [0, 0.1) is 6.92 Å². The summed E-state index contributed by atoms with van der Waals surface area (Å²) in [6, 6.07) is 7.29. The van der Waals surface area contributed by atoms with Crippen LogP contribution in [0.1, 0.15) is 16.2 Å². The van der Waals surface area contributed by atoms with Gasteiger partial charge in [0.15, 0.2) is 0 Å². The smallest absolute Gasteiger partial charge is 0.269 e. The maximum Gasteiger partial charge on any atom is 0.269 e. The van der Waals surface area contributed by atoms with Gasteiger partial charge in [-0.1, -0.05) is 17.7 Å². The van der Waals surface area contributed by atoms with Crippen LogP contribution in [0.15, 0.2) is 30.6 Å². The van der Waals surface area contributed by atoms with E-state index in [2.05, 4.69) is 4.98 Å². The Hall–Kier alpha value is -1.81. The van der Waals surface area contributed by atoms with Gasteiger partial charge in [-0.05, 0) is 25.1 Å². The third kappa shape index (κ3) is 1.79. The molecule has 2 N–H and O–H groups in total. The number of halogens is 1. The third-order valence-electron chi connectivity index (χ3n) is 2.33. The molecule has 0 fully saturated rings. The van der Waals surface area contributed by atoms with E-state index in [4.69, 9.17) is 17.3 Å². The Bertz CT molecular complexity index is 548. The number of carbonyl (C=O) groups excluding carboxylic acids is 1. The Balaban J connectivity index is 2.53. The Labute approximate surface area is 97.7 Å². The summed E-state index contributed by atoms with van der Waals surface area (Å²) in [6.45, 7) is 1.79. The molecule has 0 radical (unpaired) electrons. The van der Waals surface area contributed by atoms with Crippen molar-refractivity contribution in [2.75, 3.05) is 0 Å². The highest BCUT2D eigenvalue weighted by molar-refractivity contribution is 6.30. The summed E-state index contributed by atoms with van der Waals surface area (Å²) in [5.74, 6) is -0.529. The number of rotatable bonds is 2. The lowest BCUT2D eigenvalue weighted by Crippen LogP contribution is -2.13. The maximum absolute atomic E-state index is 11.1. The molecule has 1 heterocycles. The summed E-state index contributed by atoms with van der Waals surface area (Å²) < 4.78 is 1.77. The van der Waals surface area contributed by atoms with E-state index in [1.165, 1.54) is 0 Å². The number of hydrogen-bond donors (Lipinski definition) is 1. The second kappa shape index (κ2) is 3.98. The topological polar surface area (TPSA) is 60.9 Å². The molecule has 0 spiro atoms. The number of aromatic nitrogens is 2. The number of primary amides is 1. The second-order valence-electron chi connectivity index (χ2n) is 3.39. The number of carbonyl (C=O) groups is 1. The van der Waals surface area contributed by atoms with Gasteiger partial charge in [0, 0.05) is 10.7 Å². The summed E-state index contributed by atoms with van der Waals surface area (Å²) in [5, 5.41) is 0.631. The number of imidazole rings is 1. The second-order valence-corrected chi connectivity index (χ2v) is 3.83. The van der Waals surface area contributed by atoms with Crippen LogP contribution in [0.5, 0.6) is 0 Å². The van der Waals surface area contributed by atoms with Crippen molar-refractivity contribution in [2.24, 2.45) is 5.73 Å². The van der Waals surface area contributed by atoms with Gasteiger partial charge in [-0.2, -0.15) is 0 Å². The fourth-order valence-corrected chi connectivity index (χ4v) is 1.72. The van der Waals surface area contributed by atoms with E-state index in [-0.39, 0.29) is 5.69 Å². The van der Waals surface area contributed by atoms with Crippen LogP contribution >= 0.6 is 11.6 Å². The molecule has 2 rings (SSSR count). The summed E-state index contributed by atoms with van der Waals surface area (Å²) in [7, 11) is 0. The van der Waals surface area contributed by atoms with Crippen molar-refractivity contribution in [1.82, 2.24) is 9.55 Å². The van der Waals surface area contributed by atoms with Crippen LogP contribution < -0.4 is 5.73 Å². The Kier molecular flexibility index (Phi) is 2.66. The fourth-order valence-electron chi connectivity index (χ4n) is 1.54. The Morgan fingerprint density at radius 3 is 2.81 bits per heavy atom. The van der Waals surface area contributed by atoms with Gasteiger partial charge in [0.1, 0.15) is 12.0 Å². The van der Waals surface area contributed by atoms with E-state index >= 15 is 0 Å². The molecule has 1 amide bonds. The van der Waals surface area contributed by atoms with Crippen molar-refractivity contribution < 1.29 is 4.79 Å². The number of nitrogens with two attached hydrogens (primary N) is 1. The van der Waals surface area contributed by atoms with Crippen LogP contribution in [-0.2, 0) is 0 Å². The zero-order valence-electron chi connectivity index (χ0n) is 8.64. The van der Waals surface area contributed by atoms with E-state index in [9.17, 15) is 4.79 Å². The van der Waals surface area contributed by atoms with Gasteiger partial charge in [-0.25, -0.2) is 4.98 Å². The highest BCUT2D eigenvalue weighted by Gasteiger charge is 2.12. The standard InChI is InChI=1S/C11H10ClN3O/c1-7-10(11(13)16)14-6-15(7)9-4-2-3-8(12)5-9/h2-6H,1H3,(H2,13,16). The van der Waals surface area contributed by atoms with Crippen molar-refractivity contribution >= 4 is 17.5 Å². The molecule has 4 nitrogen and oxygen atoms in total. The average molecular weight is 236 g/mol. The molecular weight excluding hydrogens is 226 g/mol. The first-order valence-electron chi connectivity index (χ1n) is 4.69. The first-order chi connectivity index (χ1) is 7.59. The van der Waals surface area contributed by atoms with Gasteiger partial charge in [-0.15, -0.1) is 0 Å². The largest absolute Gasteiger partial charge is 0.364 e. The number of benzene rings is 1. The van der Waals surface area contributed by atoms with Gasteiger partial charge >= 0.3 is 0 Å². The highest BCUT2D eigenvalue weighted by Crippen LogP contribution is 2.17. The van der Waals surface area contributed by atoms with Crippen LogP contribution in [0.2, 0.25) is 5.02 Å². The summed E-state index contributed by atoms with van der Waals surface area (Å²) in [6.07, 6.45) is 1.56. The van der Waals surface area contributed by atoms with E-state index < -0.39 is 5.91 Å². The average Bonchev–Trinajstić information content (AvgIpc) is 2.60. The van der Waals surface area contributed by atoms with Crippen LogP contribution in [-0.4, -0.2) is 15.5 Å². The van der Waals surface area contributed by atoms with Gasteiger partial charge in [0.2, 0.25) is 0 Å². The molecule has 0 aliphatic heterocycles. The predicted molar refractivity (Wildman–Crippen MR) is 61.8 cm³/mol.